The Morgan fingerprint density at radius 1 is 1.14 bits per heavy atom. The Morgan fingerprint density at radius 3 is 2.64 bits per heavy atom. The third-order valence-corrected chi connectivity index (χ3v) is 2.79. The molecule has 0 atom stereocenters. The predicted molar refractivity (Wildman–Crippen MR) is 82.5 cm³/mol. The second-order valence-corrected chi connectivity index (χ2v) is 4.50. The molecule has 2 heterocycles. The first-order chi connectivity index (χ1) is 10.8. The molecule has 2 rings (SSSR count). The Labute approximate surface area is 129 Å². The van der Waals surface area contributed by atoms with Gasteiger partial charge in [0.25, 0.3) is 0 Å². The molecule has 5 nitrogen and oxygen atoms in total. The van der Waals surface area contributed by atoms with E-state index in [4.69, 9.17) is 5.26 Å². The van der Waals surface area contributed by atoms with E-state index in [1.165, 1.54) is 0 Å². The van der Waals surface area contributed by atoms with Gasteiger partial charge in [-0.25, -0.2) is 4.98 Å². The van der Waals surface area contributed by atoms with E-state index in [-0.39, 0.29) is 18.7 Å². The molecule has 0 fully saturated rings. The molecule has 0 aliphatic heterocycles. The summed E-state index contributed by atoms with van der Waals surface area (Å²) < 4.78 is 0. The van der Waals surface area contributed by atoms with Crippen molar-refractivity contribution >= 4 is 11.7 Å². The van der Waals surface area contributed by atoms with Gasteiger partial charge in [-0.15, -0.1) is 0 Å². The van der Waals surface area contributed by atoms with Crippen LogP contribution in [0.3, 0.4) is 0 Å². The van der Waals surface area contributed by atoms with Gasteiger partial charge in [-0.1, -0.05) is 17.9 Å². The van der Waals surface area contributed by atoms with Crippen LogP contribution in [0, 0.1) is 23.2 Å². The summed E-state index contributed by atoms with van der Waals surface area (Å²) in [5.41, 5.74) is 1.84. The highest BCUT2D eigenvalue weighted by Gasteiger charge is 2.04. The van der Waals surface area contributed by atoms with E-state index in [2.05, 4.69) is 27.1 Å². The van der Waals surface area contributed by atoms with Crippen LogP contribution in [0.15, 0.2) is 42.9 Å². The summed E-state index contributed by atoms with van der Waals surface area (Å²) in [6.07, 6.45) is 6.04. The van der Waals surface area contributed by atoms with Gasteiger partial charge < -0.3 is 5.32 Å². The van der Waals surface area contributed by atoms with Crippen molar-refractivity contribution in [1.82, 2.24) is 9.97 Å². The number of nitrogens with one attached hydrogen (secondary N) is 1. The van der Waals surface area contributed by atoms with Crippen molar-refractivity contribution in [2.45, 2.75) is 19.3 Å². The quantitative estimate of drug-likeness (QED) is 0.875. The zero-order chi connectivity index (χ0) is 15.6. The van der Waals surface area contributed by atoms with Gasteiger partial charge in [-0.3, -0.25) is 9.78 Å². The third kappa shape index (κ3) is 5.07. The van der Waals surface area contributed by atoms with Crippen LogP contribution in [-0.2, 0) is 17.6 Å². The molecular weight excluding hydrogens is 276 g/mol. The van der Waals surface area contributed by atoms with Crippen LogP contribution in [0.2, 0.25) is 0 Å². The Morgan fingerprint density at radius 2 is 1.95 bits per heavy atom. The molecule has 5 heteroatoms. The minimum absolute atomic E-state index is 0.125. The zero-order valence-corrected chi connectivity index (χ0v) is 11.9. The van der Waals surface area contributed by atoms with Gasteiger partial charge in [0.05, 0.1) is 18.9 Å². The van der Waals surface area contributed by atoms with Crippen LogP contribution < -0.4 is 5.32 Å². The number of amides is 1. The van der Waals surface area contributed by atoms with Crippen LogP contribution in [-0.4, -0.2) is 15.9 Å². The van der Waals surface area contributed by atoms with Crippen molar-refractivity contribution in [2.75, 3.05) is 5.32 Å². The molecule has 2 aromatic rings. The van der Waals surface area contributed by atoms with Crippen molar-refractivity contribution in [3.8, 4) is 17.9 Å². The number of pyridine rings is 2. The number of hydrogen-bond donors (Lipinski definition) is 1. The van der Waals surface area contributed by atoms with Crippen molar-refractivity contribution in [2.24, 2.45) is 0 Å². The number of hydrogen-bond acceptors (Lipinski definition) is 4. The zero-order valence-electron chi connectivity index (χ0n) is 11.9. The van der Waals surface area contributed by atoms with E-state index in [1.54, 1.807) is 36.8 Å². The minimum Gasteiger partial charge on any atom is -0.310 e. The highest BCUT2D eigenvalue weighted by Crippen LogP contribution is 2.07. The Kier molecular flexibility index (Phi) is 5.66. The summed E-state index contributed by atoms with van der Waals surface area (Å²) in [5, 5.41) is 11.1. The molecule has 1 N–H and O–H groups in total. The molecule has 0 spiro atoms. The molecule has 2 aromatic heterocycles. The van der Waals surface area contributed by atoms with Crippen molar-refractivity contribution in [3.63, 3.8) is 0 Å². The van der Waals surface area contributed by atoms with Crippen LogP contribution >= 0.6 is 0 Å². The van der Waals surface area contributed by atoms with Gasteiger partial charge in [0.1, 0.15) is 5.82 Å². The third-order valence-electron chi connectivity index (χ3n) is 2.79. The number of carbonyl (C=O) groups excluding carboxylic acids is 1. The maximum Gasteiger partial charge on any atom is 0.229 e. The molecule has 0 bridgehead atoms. The minimum atomic E-state index is -0.125. The molecule has 0 saturated carbocycles. The van der Waals surface area contributed by atoms with Gasteiger partial charge >= 0.3 is 0 Å². The largest absolute Gasteiger partial charge is 0.310 e. The lowest BCUT2D eigenvalue weighted by Crippen LogP contribution is -2.15. The van der Waals surface area contributed by atoms with Crippen LogP contribution in [0.1, 0.15) is 17.5 Å². The van der Waals surface area contributed by atoms with E-state index >= 15 is 0 Å². The Bertz CT molecular complexity index is 721. The van der Waals surface area contributed by atoms with Crippen molar-refractivity contribution in [3.05, 3.63) is 54.0 Å². The van der Waals surface area contributed by atoms with E-state index in [0.717, 1.165) is 11.1 Å². The van der Waals surface area contributed by atoms with Gasteiger partial charge in [0.15, 0.2) is 0 Å². The first-order valence-electron chi connectivity index (χ1n) is 6.74. The number of rotatable bonds is 4. The number of anilines is 1. The summed E-state index contributed by atoms with van der Waals surface area (Å²) in [5.74, 6) is 6.02. The molecular formula is C17H14N4O. The molecule has 0 unspecified atom stereocenters. The molecule has 0 aliphatic rings. The summed E-state index contributed by atoms with van der Waals surface area (Å²) >= 11 is 0. The molecule has 0 saturated heterocycles. The summed E-state index contributed by atoms with van der Waals surface area (Å²) in [7, 11) is 0. The molecule has 22 heavy (non-hydrogen) atoms. The van der Waals surface area contributed by atoms with Gasteiger partial charge in [-0.05, 0) is 29.3 Å². The number of nitrogens with zero attached hydrogens (tertiary/aromatic N) is 3. The normalized spacial score (nSPS) is 9.23. The molecule has 108 valence electrons. The number of carbonyl (C=O) groups is 1. The fourth-order valence-electron chi connectivity index (χ4n) is 1.74. The molecule has 1 amide bonds. The lowest BCUT2D eigenvalue weighted by atomic mass is 10.2. The van der Waals surface area contributed by atoms with Crippen molar-refractivity contribution < 1.29 is 4.79 Å². The first kappa shape index (κ1) is 15.2. The first-order valence-corrected chi connectivity index (χ1v) is 6.74. The van der Waals surface area contributed by atoms with Crippen molar-refractivity contribution in [1.29, 1.82) is 5.26 Å². The van der Waals surface area contributed by atoms with E-state index in [9.17, 15) is 4.79 Å². The maximum atomic E-state index is 11.9. The van der Waals surface area contributed by atoms with Gasteiger partial charge in [0.2, 0.25) is 5.91 Å². The molecule has 0 radical (unpaired) electrons. The Balaban J connectivity index is 1.87. The van der Waals surface area contributed by atoms with Crippen LogP contribution in [0.4, 0.5) is 5.82 Å². The summed E-state index contributed by atoms with van der Waals surface area (Å²) in [4.78, 5) is 20.0. The monoisotopic (exact) mass is 290 g/mol. The lowest BCUT2D eigenvalue weighted by molar-refractivity contribution is -0.115. The SMILES string of the molecule is N#CCC#CCc1ccc(NC(=O)Cc2ccncc2)nc1. The lowest BCUT2D eigenvalue weighted by Gasteiger charge is -2.05. The van der Waals surface area contributed by atoms with Gasteiger partial charge in [0, 0.05) is 25.0 Å². The predicted octanol–water partition coefficient (Wildman–Crippen LogP) is 2.12. The molecule has 0 aromatic carbocycles. The molecule has 0 aliphatic carbocycles. The summed E-state index contributed by atoms with van der Waals surface area (Å²) in [6.45, 7) is 0. The standard InChI is InChI=1S/C17H14N4O/c18-9-3-1-2-4-15-5-6-16(20-13-15)21-17(22)12-14-7-10-19-11-8-14/h5-8,10-11,13H,3-4,12H2,(H,20,21,22). The Hall–Kier alpha value is -3.18. The van der Waals surface area contributed by atoms with Crippen LogP contribution in [0.25, 0.3) is 0 Å². The highest BCUT2D eigenvalue weighted by molar-refractivity contribution is 5.91. The average Bonchev–Trinajstić information content (AvgIpc) is 2.54. The summed E-state index contributed by atoms with van der Waals surface area (Å²) in [6, 6.07) is 9.17. The fraction of sp³-hybridized carbons (Fsp3) is 0.176. The van der Waals surface area contributed by atoms with Gasteiger partial charge in [-0.2, -0.15) is 5.26 Å². The topological polar surface area (TPSA) is 78.7 Å². The van der Waals surface area contributed by atoms with E-state index in [1.807, 2.05) is 12.1 Å². The second kappa shape index (κ2) is 8.18. The van der Waals surface area contributed by atoms with E-state index < -0.39 is 0 Å². The fourth-order valence-corrected chi connectivity index (χ4v) is 1.74. The highest BCUT2D eigenvalue weighted by atomic mass is 16.1. The smallest absolute Gasteiger partial charge is 0.229 e. The van der Waals surface area contributed by atoms with E-state index in [0.29, 0.717) is 12.2 Å². The van der Waals surface area contributed by atoms with Crippen LogP contribution in [0.5, 0.6) is 0 Å². The second-order valence-electron chi connectivity index (χ2n) is 4.50. The maximum absolute atomic E-state index is 11.9. The number of aromatic nitrogens is 2. The number of nitriles is 1. The average molecular weight is 290 g/mol.